The third-order valence-corrected chi connectivity index (χ3v) is 12.5. The normalized spacial score (nSPS) is 30.3. The van der Waals surface area contributed by atoms with Crippen molar-refractivity contribution in [3.63, 3.8) is 0 Å². The van der Waals surface area contributed by atoms with E-state index in [-0.39, 0.29) is 17.9 Å². The molecular weight excluding hydrogens is 567 g/mol. The Labute approximate surface area is 252 Å². The molecule has 2 fully saturated rings. The molecule has 6 atom stereocenters. The van der Waals surface area contributed by atoms with E-state index in [0.717, 1.165) is 57.1 Å². The van der Waals surface area contributed by atoms with Gasteiger partial charge in [-0.3, -0.25) is 0 Å². The van der Waals surface area contributed by atoms with E-state index in [0.29, 0.717) is 35.2 Å². The molecule has 0 aliphatic heterocycles. The highest BCUT2D eigenvalue weighted by Gasteiger charge is 2.57. The third kappa shape index (κ3) is 6.79. The smallest absolute Gasteiger partial charge is 0.453 e. The van der Waals surface area contributed by atoms with Gasteiger partial charge in [0.2, 0.25) is 0 Å². The highest BCUT2D eigenvalue weighted by molar-refractivity contribution is 7.99. The van der Waals surface area contributed by atoms with Gasteiger partial charge in [0.05, 0.1) is 6.10 Å². The third-order valence-electron chi connectivity index (χ3n) is 11.3. The topological polar surface area (TPSA) is 40.5 Å². The average Bonchev–Trinajstić information content (AvgIpc) is 3.20. The number of benzene rings is 1. The summed E-state index contributed by atoms with van der Waals surface area (Å²) in [6, 6.07) is 2.09. The lowest BCUT2D eigenvalue weighted by Crippen LogP contribution is -2.45. The first kappa shape index (κ1) is 32.4. The fourth-order valence-corrected chi connectivity index (χ4v) is 10.1. The van der Waals surface area contributed by atoms with Crippen molar-refractivity contribution in [3.8, 4) is 5.75 Å². The predicted molar refractivity (Wildman–Crippen MR) is 160 cm³/mol. The molecule has 8 heteroatoms. The second kappa shape index (κ2) is 13.1. The summed E-state index contributed by atoms with van der Waals surface area (Å²) < 4.78 is 62.5. The van der Waals surface area contributed by atoms with E-state index in [1.165, 1.54) is 73.4 Å². The predicted octanol–water partition coefficient (Wildman–Crippen LogP) is 9.77. The summed E-state index contributed by atoms with van der Waals surface area (Å²) in [7, 11) is 0. The SMILES string of the molecule is C[C@]12CC[C@@H]3c4c(cc(O)c5c4CC5)C[C@@H](CCCCCCCCCSCCCC(F)(F)C(F)(F)F)[C@H]3[C@@H]1C[C@@H](O)C2. The molecule has 1 aromatic carbocycles. The molecule has 0 spiro atoms. The molecule has 0 saturated heterocycles. The van der Waals surface area contributed by atoms with Gasteiger partial charge in [0, 0.05) is 6.42 Å². The molecule has 4 aliphatic carbocycles. The van der Waals surface area contributed by atoms with Crippen LogP contribution in [0.25, 0.3) is 0 Å². The van der Waals surface area contributed by atoms with Gasteiger partial charge in [-0.25, -0.2) is 0 Å². The molecule has 0 bridgehead atoms. The van der Waals surface area contributed by atoms with Crippen LogP contribution in [0.2, 0.25) is 0 Å². The van der Waals surface area contributed by atoms with Crippen LogP contribution >= 0.6 is 11.8 Å². The van der Waals surface area contributed by atoms with Gasteiger partial charge in [0.15, 0.2) is 0 Å². The van der Waals surface area contributed by atoms with Crippen LogP contribution in [0.3, 0.4) is 0 Å². The van der Waals surface area contributed by atoms with E-state index in [1.54, 1.807) is 5.56 Å². The number of aliphatic hydroxyl groups excluding tert-OH is 1. The van der Waals surface area contributed by atoms with Gasteiger partial charge in [-0.05, 0) is 133 Å². The molecule has 2 N–H and O–H groups in total. The first-order chi connectivity index (χ1) is 19.9. The highest BCUT2D eigenvalue weighted by Crippen LogP contribution is 2.64. The maximum atomic E-state index is 12.9. The Hall–Kier alpha value is -1.02. The Morgan fingerprint density at radius 2 is 1.60 bits per heavy atom. The molecule has 42 heavy (non-hydrogen) atoms. The molecule has 5 rings (SSSR count). The van der Waals surface area contributed by atoms with Gasteiger partial charge in [-0.2, -0.15) is 33.7 Å². The van der Waals surface area contributed by atoms with E-state index in [9.17, 15) is 32.2 Å². The minimum Gasteiger partial charge on any atom is -0.508 e. The Morgan fingerprint density at radius 1 is 0.929 bits per heavy atom. The maximum Gasteiger partial charge on any atom is 0.453 e. The number of unbranched alkanes of at least 4 members (excludes halogenated alkanes) is 6. The van der Waals surface area contributed by atoms with Crippen LogP contribution < -0.4 is 0 Å². The van der Waals surface area contributed by atoms with Crippen LogP contribution in [-0.2, 0) is 19.3 Å². The number of phenolic OH excluding ortho intramolecular Hbond substituents is 1. The zero-order valence-electron chi connectivity index (χ0n) is 25.1. The number of hydrogen-bond acceptors (Lipinski definition) is 3. The monoisotopic (exact) mass is 616 g/mol. The summed E-state index contributed by atoms with van der Waals surface area (Å²) in [5.41, 5.74) is 5.87. The molecule has 0 heterocycles. The van der Waals surface area contributed by atoms with Gasteiger partial charge < -0.3 is 10.2 Å². The van der Waals surface area contributed by atoms with Crippen molar-refractivity contribution in [1.29, 1.82) is 0 Å². The summed E-state index contributed by atoms with van der Waals surface area (Å²) in [4.78, 5) is 0. The minimum absolute atomic E-state index is 0.116. The lowest BCUT2D eigenvalue weighted by Gasteiger charge is -2.53. The number of fused-ring (bicyclic) bond motifs is 7. The van der Waals surface area contributed by atoms with E-state index in [2.05, 4.69) is 13.0 Å². The van der Waals surface area contributed by atoms with Crippen molar-refractivity contribution >= 4 is 11.8 Å². The molecule has 1 aromatic rings. The Kier molecular flexibility index (Phi) is 10.1. The Balaban J connectivity index is 1.03. The number of hydrogen-bond donors (Lipinski definition) is 2. The van der Waals surface area contributed by atoms with Gasteiger partial charge in [-0.1, -0.05) is 45.4 Å². The summed E-state index contributed by atoms with van der Waals surface area (Å²) >= 11 is 1.48. The summed E-state index contributed by atoms with van der Waals surface area (Å²) in [6.07, 6.45) is 9.82. The zero-order valence-corrected chi connectivity index (χ0v) is 25.9. The average molecular weight is 617 g/mol. The number of alkyl halides is 5. The van der Waals surface area contributed by atoms with Gasteiger partial charge >= 0.3 is 12.1 Å². The van der Waals surface area contributed by atoms with Crippen molar-refractivity contribution < 1.29 is 32.2 Å². The van der Waals surface area contributed by atoms with Gasteiger partial charge in [0.25, 0.3) is 0 Å². The number of aliphatic hydroxyl groups is 1. The first-order valence-electron chi connectivity index (χ1n) is 16.5. The van der Waals surface area contributed by atoms with Gasteiger partial charge in [-0.15, -0.1) is 0 Å². The van der Waals surface area contributed by atoms with Crippen molar-refractivity contribution in [3.05, 3.63) is 28.3 Å². The largest absolute Gasteiger partial charge is 0.508 e. The molecule has 0 radical (unpaired) electrons. The molecule has 2 nitrogen and oxygen atoms in total. The number of rotatable bonds is 14. The summed E-state index contributed by atoms with van der Waals surface area (Å²) in [5, 5.41) is 21.3. The lowest BCUT2D eigenvalue weighted by atomic mass is 9.51. The van der Waals surface area contributed by atoms with E-state index in [4.69, 9.17) is 0 Å². The zero-order chi connectivity index (χ0) is 30.1. The van der Waals surface area contributed by atoms with E-state index >= 15 is 0 Å². The minimum atomic E-state index is -5.44. The van der Waals surface area contributed by atoms with Crippen LogP contribution in [0.5, 0.6) is 5.75 Å². The maximum absolute atomic E-state index is 12.9. The second-order valence-corrected chi connectivity index (χ2v) is 15.4. The molecular formula is C34H49F5O2S. The number of aromatic hydroxyl groups is 1. The summed E-state index contributed by atoms with van der Waals surface area (Å²) in [5.74, 6) is -0.481. The first-order valence-corrected chi connectivity index (χ1v) is 17.6. The van der Waals surface area contributed by atoms with Crippen LogP contribution in [-0.4, -0.2) is 39.9 Å². The Bertz CT molecular complexity index is 1070. The number of thioether (sulfide) groups is 1. The highest BCUT2D eigenvalue weighted by atomic mass is 32.2. The van der Waals surface area contributed by atoms with Crippen LogP contribution in [0.4, 0.5) is 22.0 Å². The van der Waals surface area contributed by atoms with Crippen molar-refractivity contribution in [2.45, 2.75) is 140 Å². The van der Waals surface area contributed by atoms with Crippen molar-refractivity contribution in [2.75, 3.05) is 11.5 Å². The molecule has 4 aliphatic rings. The fourth-order valence-electron chi connectivity index (χ4n) is 9.17. The van der Waals surface area contributed by atoms with Crippen LogP contribution in [0.1, 0.15) is 125 Å². The van der Waals surface area contributed by atoms with Crippen molar-refractivity contribution in [1.82, 2.24) is 0 Å². The Morgan fingerprint density at radius 3 is 2.29 bits per heavy atom. The second-order valence-electron chi connectivity index (χ2n) is 14.1. The van der Waals surface area contributed by atoms with Crippen LogP contribution in [0, 0.1) is 23.2 Å². The van der Waals surface area contributed by atoms with Crippen molar-refractivity contribution in [2.24, 2.45) is 23.2 Å². The molecule has 0 aromatic heterocycles. The molecule has 0 unspecified atom stereocenters. The van der Waals surface area contributed by atoms with Crippen LogP contribution in [0.15, 0.2) is 6.07 Å². The molecule has 0 amide bonds. The molecule has 238 valence electrons. The molecule has 2 saturated carbocycles. The van der Waals surface area contributed by atoms with E-state index < -0.39 is 18.5 Å². The lowest BCUT2D eigenvalue weighted by molar-refractivity contribution is -0.284. The quantitative estimate of drug-likeness (QED) is 0.162. The standard InChI is InChI=1S/C34H49F5O2S/c1-32-15-13-27-30-23(19-29(41)25-11-12-26(25)30)18-22(31(27)28(32)20-24(40)21-32)10-7-5-3-2-4-6-8-16-42-17-9-14-33(35,36)34(37,38)39/h19,22,24,27-28,31,40-41H,2-18,20-21H2,1H3/t22-,24-,27-,28+,31-,32-/m1/s1. The van der Waals surface area contributed by atoms with Gasteiger partial charge in [0.1, 0.15) is 5.75 Å². The number of phenols is 1. The fraction of sp³-hybridized carbons (Fsp3) is 0.824. The van der Waals surface area contributed by atoms with E-state index in [1.807, 2.05) is 0 Å². The number of halogens is 5. The summed E-state index contributed by atoms with van der Waals surface area (Å²) in [6.45, 7) is 2.43.